The van der Waals surface area contributed by atoms with Gasteiger partial charge in [0.1, 0.15) is 12.6 Å². The molecule has 0 bridgehead atoms. The first-order valence-corrected chi connectivity index (χ1v) is 14.1. The van der Waals surface area contributed by atoms with Crippen molar-refractivity contribution >= 4 is 24.9 Å². The van der Waals surface area contributed by atoms with E-state index in [2.05, 4.69) is 56.8 Å². The molecule has 1 aliphatic carbocycles. The molecule has 4 rings (SSSR count). The third-order valence-electron chi connectivity index (χ3n) is 5.77. The summed E-state index contributed by atoms with van der Waals surface area (Å²) < 4.78 is 15.4. The molecule has 3 heterocycles. The quantitative estimate of drug-likeness (QED) is 0.325. The highest BCUT2D eigenvalue weighted by Crippen LogP contribution is 2.42. The van der Waals surface area contributed by atoms with Gasteiger partial charge in [-0.05, 0) is 36.4 Å². The lowest BCUT2D eigenvalue weighted by Gasteiger charge is -2.15. The Balaban J connectivity index is 1.62. The first-order chi connectivity index (χ1) is 13.9. The molecule has 1 saturated carbocycles. The number of fused-ring (bicyclic) bond motifs is 3. The lowest BCUT2D eigenvalue weighted by Crippen LogP contribution is -2.22. The van der Waals surface area contributed by atoms with Crippen molar-refractivity contribution in [2.45, 2.75) is 58.1 Å². The van der Waals surface area contributed by atoms with Gasteiger partial charge >= 0.3 is 0 Å². The second kappa shape index (κ2) is 7.91. The monoisotopic (exact) mass is 413 g/mol. The van der Waals surface area contributed by atoms with Gasteiger partial charge in [-0.3, -0.25) is 4.40 Å². The summed E-state index contributed by atoms with van der Waals surface area (Å²) in [5, 5.41) is 8.95. The Morgan fingerprint density at radius 1 is 1.24 bits per heavy atom. The van der Waals surface area contributed by atoms with Gasteiger partial charge in [0.2, 0.25) is 0 Å². The molecule has 2 unspecified atom stereocenters. The average Bonchev–Trinajstić information content (AvgIpc) is 3.34. The van der Waals surface area contributed by atoms with Gasteiger partial charge < -0.3 is 14.0 Å². The lowest BCUT2D eigenvalue weighted by atomic mass is 9.97. The summed E-state index contributed by atoms with van der Waals surface area (Å²) in [6.07, 6.45) is 7.73. The van der Waals surface area contributed by atoms with Gasteiger partial charge in [-0.1, -0.05) is 26.6 Å². The molecule has 2 atom stereocenters. The van der Waals surface area contributed by atoms with Crippen molar-refractivity contribution in [3.05, 3.63) is 36.1 Å². The van der Waals surface area contributed by atoms with Crippen LogP contribution in [0.1, 0.15) is 31.5 Å². The molecule has 0 saturated heterocycles. The molecule has 8 heteroatoms. The fraction of sp³-hybridized carbons (Fsp3) is 0.571. The van der Waals surface area contributed by atoms with Crippen LogP contribution in [0.5, 0.6) is 0 Å². The molecule has 1 aliphatic rings. The third kappa shape index (κ3) is 4.09. The normalized spacial score (nSPS) is 21.6. The van der Waals surface area contributed by atoms with Gasteiger partial charge in [-0.25, -0.2) is 4.98 Å². The van der Waals surface area contributed by atoms with Crippen molar-refractivity contribution in [1.29, 1.82) is 0 Å². The molecule has 7 nitrogen and oxygen atoms in total. The lowest BCUT2D eigenvalue weighted by molar-refractivity contribution is 0.0899. The summed E-state index contributed by atoms with van der Waals surface area (Å²) in [4.78, 5) is 4.64. The molecule has 1 fully saturated rings. The van der Waals surface area contributed by atoms with Gasteiger partial charge in [-0.15, -0.1) is 10.2 Å². The minimum Gasteiger partial charge on any atom is -0.504 e. The van der Waals surface area contributed by atoms with Crippen molar-refractivity contribution < 1.29 is 9.47 Å². The summed E-state index contributed by atoms with van der Waals surface area (Å²) >= 11 is 0. The SMILES string of the molecule is CO/C=C1\CC(C)C(c2nnc3cnc4c(ccn4COCC[Si](C)(C)C)n23)C1. The van der Waals surface area contributed by atoms with E-state index in [1.807, 2.05) is 18.7 Å². The van der Waals surface area contributed by atoms with Gasteiger partial charge in [0.25, 0.3) is 0 Å². The second-order valence-electron chi connectivity index (χ2n) is 9.36. The van der Waals surface area contributed by atoms with Crippen molar-refractivity contribution in [2.75, 3.05) is 13.7 Å². The summed E-state index contributed by atoms with van der Waals surface area (Å²) in [7, 11) is 0.624. The van der Waals surface area contributed by atoms with Crippen LogP contribution in [-0.4, -0.2) is 45.9 Å². The first-order valence-electron chi connectivity index (χ1n) is 10.3. The van der Waals surface area contributed by atoms with Crippen molar-refractivity contribution in [3.8, 4) is 0 Å². The van der Waals surface area contributed by atoms with Crippen LogP contribution in [0.15, 0.2) is 30.3 Å². The van der Waals surface area contributed by atoms with Crippen LogP contribution in [0, 0.1) is 5.92 Å². The molecule has 156 valence electrons. The van der Waals surface area contributed by atoms with Crippen LogP contribution < -0.4 is 0 Å². The highest BCUT2D eigenvalue weighted by Gasteiger charge is 2.32. The van der Waals surface area contributed by atoms with Gasteiger partial charge in [0.15, 0.2) is 11.3 Å². The zero-order valence-electron chi connectivity index (χ0n) is 18.1. The second-order valence-corrected chi connectivity index (χ2v) is 15.0. The highest BCUT2D eigenvalue weighted by atomic mass is 28.3. The minimum absolute atomic E-state index is 0.327. The Morgan fingerprint density at radius 2 is 2.07 bits per heavy atom. The van der Waals surface area contributed by atoms with Crippen molar-refractivity contribution in [3.63, 3.8) is 0 Å². The van der Waals surface area contributed by atoms with E-state index >= 15 is 0 Å². The number of hydrogen-bond donors (Lipinski definition) is 0. The molecule has 0 aliphatic heterocycles. The molecule has 0 N–H and O–H groups in total. The van der Waals surface area contributed by atoms with Crippen LogP contribution >= 0.6 is 0 Å². The maximum absolute atomic E-state index is 5.94. The van der Waals surface area contributed by atoms with Crippen LogP contribution in [0.25, 0.3) is 16.8 Å². The summed E-state index contributed by atoms with van der Waals surface area (Å²) in [6, 6.07) is 3.26. The van der Waals surface area contributed by atoms with Gasteiger partial charge in [-0.2, -0.15) is 0 Å². The smallest absolute Gasteiger partial charge is 0.179 e. The van der Waals surface area contributed by atoms with E-state index in [1.54, 1.807) is 7.11 Å². The summed E-state index contributed by atoms with van der Waals surface area (Å²) in [5.74, 6) is 1.84. The number of aromatic nitrogens is 5. The van der Waals surface area contributed by atoms with E-state index < -0.39 is 8.07 Å². The van der Waals surface area contributed by atoms with Crippen molar-refractivity contribution in [2.24, 2.45) is 5.92 Å². The van der Waals surface area contributed by atoms with Crippen molar-refractivity contribution in [1.82, 2.24) is 24.1 Å². The Hall–Kier alpha value is -2.19. The number of methoxy groups -OCH3 is 1. The molecule has 29 heavy (non-hydrogen) atoms. The van der Waals surface area contributed by atoms with Crippen LogP contribution in [0.4, 0.5) is 0 Å². The van der Waals surface area contributed by atoms with E-state index in [-0.39, 0.29) is 0 Å². The maximum Gasteiger partial charge on any atom is 0.179 e. The molecular formula is C21H31N5O2Si. The number of rotatable bonds is 7. The van der Waals surface area contributed by atoms with Crippen LogP contribution in [-0.2, 0) is 16.2 Å². The third-order valence-corrected chi connectivity index (χ3v) is 7.47. The van der Waals surface area contributed by atoms with Crippen LogP contribution in [0.2, 0.25) is 25.7 Å². The zero-order chi connectivity index (χ0) is 20.6. The predicted molar refractivity (Wildman–Crippen MR) is 117 cm³/mol. The van der Waals surface area contributed by atoms with Crippen LogP contribution in [0.3, 0.4) is 0 Å². The molecule has 3 aromatic heterocycles. The largest absolute Gasteiger partial charge is 0.504 e. The van der Waals surface area contributed by atoms with Gasteiger partial charge in [0, 0.05) is 26.8 Å². The standard InChI is InChI=1S/C21H31N5O2Si/c1-15-10-16(13-27-2)11-17(15)20-24-23-19-12-22-21-18(26(19)20)6-7-25(21)14-28-8-9-29(3,4)5/h6-7,12-13,15,17H,8-11,14H2,1-5H3/b16-13+. The molecular weight excluding hydrogens is 382 g/mol. The Labute approximate surface area is 172 Å². The van der Waals surface area contributed by atoms with Gasteiger partial charge in [0.05, 0.1) is 25.1 Å². The molecule has 0 aromatic carbocycles. The Morgan fingerprint density at radius 3 is 2.83 bits per heavy atom. The summed E-state index contributed by atoms with van der Waals surface area (Å²) in [5.41, 5.74) is 4.07. The highest BCUT2D eigenvalue weighted by molar-refractivity contribution is 6.76. The number of ether oxygens (including phenoxy) is 2. The fourth-order valence-electron chi connectivity index (χ4n) is 4.14. The molecule has 0 radical (unpaired) electrons. The predicted octanol–water partition coefficient (Wildman–Crippen LogP) is 4.44. The van der Waals surface area contributed by atoms with E-state index in [0.29, 0.717) is 18.6 Å². The molecule has 3 aromatic rings. The topological polar surface area (TPSA) is 66.5 Å². The van der Waals surface area contributed by atoms with E-state index in [4.69, 9.17) is 9.47 Å². The first kappa shape index (κ1) is 20.1. The Bertz CT molecular complexity index is 1030. The zero-order valence-corrected chi connectivity index (χ0v) is 19.1. The minimum atomic E-state index is -1.09. The van der Waals surface area contributed by atoms with E-state index in [9.17, 15) is 0 Å². The average molecular weight is 414 g/mol. The number of nitrogens with zero attached hydrogens (tertiary/aromatic N) is 5. The molecule has 0 spiro atoms. The summed E-state index contributed by atoms with van der Waals surface area (Å²) in [6.45, 7) is 10.7. The molecule has 0 amide bonds. The maximum atomic E-state index is 5.94. The van der Waals surface area contributed by atoms with E-state index in [0.717, 1.165) is 48.1 Å². The number of hydrogen-bond acceptors (Lipinski definition) is 5. The van der Waals surface area contributed by atoms with E-state index in [1.165, 1.54) is 5.57 Å². The Kier molecular flexibility index (Phi) is 5.48. The fourth-order valence-corrected chi connectivity index (χ4v) is 4.90. The number of allylic oxidation sites excluding steroid dienone is 1.